The number of aromatic amines is 1. The SMILES string of the molecule is N#CCOc1cc(F)c(NS(=O)(=O)c2c[nH]c(-c3ccccc3)c2)cc1Cl. The highest BCUT2D eigenvalue weighted by Crippen LogP contribution is 2.32. The Labute approximate surface area is 160 Å². The molecule has 0 radical (unpaired) electrons. The summed E-state index contributed by atoms with van der Waals surface area (Å²) in [6.07, 6.45) is 1.31. The van der Waals surface area contributed by atoms with Crippen molar-refractivity contribution in [2.24, 2.45) is 0 Å². The van der Waals surface area contributed by atoms with Gasteiger partial charge in [-0.05, 0) is 17.7 Å². The van der Waals surface area contributed by atoms with Gasteiger partial charge in [0.05, 0.1) is 10.7 Å². The molecule has 9 heteroatoms. The first kappa shape index (κ1) is 18.8. The number of hydrogen-bond acceptors (Lipinski definition) is 4. The highest BCUT2D eigenvalue weighted by atomic mass is 35.5. The summed E-state index contributed by atoms with van der Waals surface area (Å²) in [7, 11) is -4.04. The van der Waals surface area contributed by atoms with Crippen molar-refractivity contribution in [1.82, 2.24) is 4.98 Å². The summed E-state index contributed by atoms with van der Waals surface area (Å²) in [4.78, 5) is 2.83. The van der Waals surface area contributed by atoms with E-state index >= 15 is 0 Å². The number of ether oxygens (including phenoxy) is 1. The second kappa shape index (κ2) is 7.70. The van der Waals surface area contributed by atoms with E-state index in [1.54, 1.807) is 6.07 Å². The number of benzene rings is 2. The molecule has 1 heterocycles. The number of anilines is 1. The molecule has 0 atom stereocenters. The second-order valence-corrected chi connectivity index (χ2v) is 7.52. The van der Waals surface area contributed by atoms with Crippen molar-refractivity contribution in [2.45, 2.75) is 4.90 Å². The maximum atomic E-state index is 14.2. The Morgan fingerprint density at radius 3 is 2.67 bits per heavy atom. The first-order chi connectivity index (χ1) is 12.9. The van der Waals surface area contributed by atoms with Crippen LogP contribution in [0.2, 0.25) is 5.02 Å². The molecule has 27 heavy (non-hydrogen) atoms. The fourth-order valence-corrected chi connectivity index (χ4v) is 3.61. The molecule has 0 unspecified atom stereocenters. The summed E-state index contributed by atoms with van der Waals surface area (Å²) in [5.74, 6) is -0.929. The molecule has 0 aliphatic rings. The van der Waals surface area contributed by atoms with Crippen LogP contribution in [0.15, 0.2) is 59.6 Å². The van der Waals surface area contributed by atoms with E-state index in [1.807, 2.05) is 30.3 Å². The maximum absolute atomic E-state index is 14.2. The Kier molecular flexibility index (Phi) is 5.35. The number of rotatable bonds is 6. The Balaban J connectivity index is 1.86. The monoisotopic (exact) mass is 405 g/mol. The van der Waals surface area contributed by atoms with Gasteiger partial charge in [-0.2, -0.15) is 5.26 Å². The molecule has 0 aliphatic heterocycles. The van der Waals surface area contributed by atoms with Gasteiger partial charge in [0.1, 0.15) is 16.7 Å². The minimum absolute atomic E-state index is 0.0246. The molecule has 0 bridgehead atoms. The smallest absolute Gasteiger partial charge is 0.263 e. The molecular weight excluding hydrogens is 393 g/mol. The van der Waals surface area contributed by atoms with Crippen LogP contribution >= 0.6 is 11.6 Å². The van der Waals surface area contributed by atoms with Gasteiger partial charge in [0.15, 0.2) is 12.4 Å². The lowest BCUT2D eigenvalue weighted by atomic mass is 10.2. The van der Waals surface area contributed by atoms with Crippen LogP contribution in [0.4, 0.5) is 10.1 Å². The van der Waals surface area contributed by atoms with E-state index in [2.05, 4.69) is 9.71 Å². The Morgan fingerprint density at radius 2 is 1.96 bits per heavy atom. The molecule has 0 fully saturated rings. The summed E-state index contributed by atoms with van der Waals surface area (Å²) in [6.45, 7) is -0.310. The van der Waals surface area contributed by atoms with Gasteiger partial charge in [0.2, 0.25) is 0 Å². The highest BCUT2D eigenvalue weighted by molar-refractivity contribution is 7.92. The molecule has 3 aromatic rings. The van der Waals surface area contributed by atoms with Crippen molar-refractivity contribution in [2.75, 3.05) is 11.3 Å². The van der Waals surface area contributed by atoms with Gasteiger partial charge < -0.3 is 9.72 Å². The molecule has 0 spiro atoms. The zero-order valence-corrected chi connectivity index (χ0v) is 15.3. The number of halogens is 2. The number of hydrogen-bond donors (Lipinski definition) is 2. The third-order valence-electron chi connectivity index (χ3n) is 3.61. The number of nitrogens with one attached hydrogen (secondary N) is 2. The summed E-state index contributed by atoms with van der Waals surface area (Å²) in [6, 6.07) is 14.4. The predicted molar refractivity (Wildman–Crippen MR) is 99.6 cm³/mol. The van der Waals surface area contributed by atoms with Crippen LogP contribution in [-0.4, -0.2) is 20.0 Å². The number of H-pyrrole nitrogens is 1. The second-order valence-electron chi connectivity index (χ2n) is 5.43. The summed E-state index contributed by atoms with van der Waals surface area (Å²) in [5, 5.41) is 8.47. The van der Waals surface area contributed by atoms with Gasteiger partial charge in [-0.3, -0.25) is 4.72 Å². The van der Waals surface area contributed by atoms with Gasteiger partial charge in [-0.25, -0.2) is 12.8 Å². The van der Waals surface area contributed by atoms with E-state index in [-0.39, 0.29) is 28.0 Å². The quantitative estimate of drug-likeness (QED) is 0.643. The molecule has 0 amide bonds. The Hall–Kier alpha value is -3.02. The highest BCUT2D eigenvalue weighted by Gasteiger charge is 2.20. The lowest BCUT2D eigenvalue weighted by Gasteiger charge is -2.11. The van der Waals surface area contributed by atoms with Crippen LogP contribution in [0.5, 0.6) is 5.75 Å². The van der Waals surface area contributed by atoms with Crippen molar-refractivity contribution in [1.29, 1.82) is 5.26 Å². The van der Waals surface area contributed by atoms with Gasteiger partial charge in [0, 0.05) is 18.0 Å². The third-order valence-corrected chi connectivity index (χ3v) is 5.25. The van der Waals surface area contributed by atoms with Crippen molar-refractivity contribution in [3.63, 3.8) is 0 Å². The zero-order valence-electron chi connectivity index (χ0n) is 13.7. The Bertz CT molecular complexity index is 1110. The van der Waals surface area contributed by atoms with Crippen LogP contribution in [0, 0.1) is 17.1 Å². The minimum atomic E-state index is -4.04. The number of nitriles is 1. The van der Waals surface area contributed by atoms with Crippen LogP contribution < -0.4 is 9.46 Å². The third kappa shape index (κ3) is 4.22. The molecule has 1 aromatic heterocycles. The average molecular weight is 406 g/mol. The molecule has 0 saturated heterocycles. The lowest BCUT2D eigenvalue weighted by molar-refractivity contribution is 0.366. The number of sulfonamides is 1. The van der Waals surface area contributed by atoms with Gasteiger partial charge in [-0.15, -0.1) is 0 Å². The van der Waals surface area contributed by atoms with E-state index in [9.17, 15) is 12.8 Å². The van der Waals surface area contributed by atoms with Gasteiger partial charge in [0.25, 0.3) is 10.0 Å². The summed E-state index contributed by atoms with van der Waals surface area (Å²) in [5.41, 5.74) is 1.09. The first-order valence-corrected chi connectivity index (χ1v) is 9.52. The van der Waals surface area contributed by atoms with Gasteiger partial charge >= 0.3 is 0 Å². The van der Waals surface area contributed by atoms with Crippen molar-refractivity contribution in [3.8, 4) is 23.1 Å². The molecule has 0 aliphatic carbocycles. The van der Waals surface area contributed by atoms with Crippen LogP contribution in [0.25, 0.3) is 11.3 Å². The topological polar surface area (TPSA) is 95.0 Å². The fourth-order valence-electron chi connectivity index (χ4n) is 2.35. The molecule has 2 aromatic carbocycles. The summed E-state index contributed by atoms with van der Waals surface area (Å²) < 4.78 is 46.5. The molecule has 2 N–H and O–H groups in total. The maximum Gasteiger partial charge on any atom is 0.263 e. The van der Waals surface area contributed by atoms with Crippen molar-refractivity contribution >= 4 is 27.3 Å². The zero-order chi connectivity index (χ0) is 19.4. The molecule has 3 rings (SSSR count). The van der Waals surface area contributed by atoms with Crippen LogP contribution in [-0.2, 0) is 10.0 Å². The van der Waals surface area contributed by atoms with Gasteiger partial charge in [-0.1, -0.05) is 41.9 Å². The van der Waals surface area contributed by atoms with E-state index in [1.165, 1.54) is 12.3 Å². The van der Waals surface area contributed by atoms with E-state index < -0.39 is 15.8 Å². The van der Waals surface area contributed by atoms with Crippen LogP contribution in [0.1, 0.15) is 0 Å². The molecule has 138 valence electrons. The van der Waals surface area contributed by atoms with E-state index in [0.717, 1.165) is 17.7 Å². The number of aromatic nitrogens is 1. The first-order valence-electron chi connectivity index (χ1n) is 7.66. The van der Waals surface area contributed by atoms with Crippen LogP contribution in [0.3, 0.4) is 0 Å². The van der Waals surface area contributed by atoms with E-state index in [0.29, 0.717) is 5.69 Å². The van der Waals surface area contributed by atoms with Crippen molar-refractivity contribution in [3.05, 3.63) is 65.6 Å². The normalized spacial score (nSPS) is 11.0. The number of nitrogens with zero attached hydrogens (tertiary/aromatic N) is 1. The predicted octanol–water partition coefficient (Wildman–Crippen LogP) is 4.18. The minimum Gasteiger partial charge on any atom is -0.477 e. The molecule has 6 nitrogen and oxygen atoms in total. The summed E-state index contributed by atoms with van der Waals surface area (Å²) >= 11 is 5.95. The largest absolute Gasteiger partial charge is 0.477 e. The molecule has 0 saturated carbocycles. The van der Waals surface area contributed by atoms with Crippen molar-refractivity contribution < 1.29 is 17.5 Å². The average Bonchev–Trinajstić information content (AvgIpc) is 3.15. The standard InChI is InChI=1S/C18H13ClFN3O3S/c19-14-9-17(15(20)10-18(14)26-7-6-21)23-27(24,25)13-8-16(22-11-13)12-4-2-1-3-5-12/h1-5,8-11,22-23H,7H2. The molecular formula is C18H13ClFN3O3S. The Morgan fingerprint density at radius 1 is 1.22 bits per heavy atom. The van der Waals surface area contributed by atoms with E-state index in [4.69, 9.17) is 21.6 Å². The lowest BCUT2D eigenvalue weighted by Crippen LogP contribution is -2.13. The fraction of sp³-hybridized carbons (Fsp3) is 0.0556.